The third-order valence-electron chi connectivity index (χ3n) is 4.09. The quantitative estimate of drug-likeness (QED) is 0.595. The van der Waals surface area contributed by atoms with Gasteiger partial charge >= 0.3 is 5.97 Å². The summed E-state index contributed by atoms with van der Waals surface area (Å²) in [5, 5.41) is 5.87. The zero-order valence-corrected chi connectivity index (χ0v) is 18.3. The summed E-state index contributed by atoms with van der Waals surface area (Å²) in [5.41, 5.74) is 2.53. The van der Waals surface area contributed by atoms with Crippen molar-refractivity contribution in [1.29, 1.82) is 0 Å². The summed E-state index contributed by atoms with van der Waals surface area (Å²) in [6.45, 7) is 4.45. The molecule has 1 atom stereocenters. The fourth-order valence-corrected chi connectivity index (χ4v) is 2.98. The fraction of sp³-hybridized carbons (Fsp3) is 0.286. The summed E-state index contributed by atoms with van der Waals surface area (Å²) < 4.78 is 10.3. The maximum atomic E-state index is 12.1. The number of carbonyl (C=O) groups is 3. The van der Waals surface area contributed by atoms with Crippen LogP contribution in [0, 0.1) is 13.8 Å². The first-order valence-corrected chi connectivity index (χ1v) is 9.84. The van der Waals surface area contributed by atoms with Gasteiger partial charge < -0.3 is 20.1 Å². The third kappa shape index (κ3) is 6.93. The van der Waals surface area contributed by atoms with Crippen molar-refractivity contribution in [2.75, 3.05) is 18.5 Å². The predicted molar refractivity (Wildman–Crippen MR) is 115 cm³/mol. The van der Waals surface area contributed by atoms with E-state index < -0.39 is 24.6 Å². The van der Waals surface area contributed by atoms with Crippen LogP contribution >= 0.6 is 23.2 Å². The zero-order valence-electron chi connectivity index (χ0n) is 16.8. The Balaban J connectivity index is 1.77. The standard InChI is InChI=1S/C21H22Cl2N2O5/c1-12-5-4-6-13(2)20(12)25-18(26)10-24-21(28)14(3)30-19(27)11-29-17-8-7-15(22)9-16(17)23/h4-9,14H,10-11H2,1-3H3,(H,24,28)(H,25,26)/t14-/m1/s1. The van der Waals surface area contributed by atoms with Gasteiger partial charge in [0.25, 0.3) is 5.91 Å². The second-order valence-electron chi connectivity index (χ2n) is 6.53. The van der Waals surface area contributed by atoms with E-state index in [1.165, 1.54) is 19.1 Å². The molecule has 0 aliphatic heterocycles. The molecule has 2 amide bonds. The van der Waals surface area contributed by atoms with Gasteiger partial charge in [-0.1, -0.05) is 41.4 Å². The maximum Gasteiger partial charge on any atom is 0.344 e. The molecule has 2 N–H and O–H groups in total. The summed E-state index contributed by atoms with van der Waals surface area (Å²) in [7, 11) is 0. The molecule has 0 saturated heterocycles. The number of hydrogen-bond donors (Lipinski definition) is 2. The van der Waals surface area contributed by atoms with Gasteiger partial charge in [0.2, 0.25) is 5.91 Å². The topological polar surface area (TPSA) is 93.7 Å². The number of amides is 2. The van der Waals surface area contributed by atoms with E-state index in [2.05, 4.69) is 10.6 Å². The predicted octanol–water partition coefficient (Wildman–Crippen LogP) is 3.68. The van der Waals surface area contributed by atoms with Crippen molar-refractivity contribution in [3.8, 4) is 5.75 Å². The van der Waals surface area contributed by atoms with E-state index in [1.54, 1.807) is 6.07 Å². The van der Waals surface area contributed by atoms with Gasteiger partial charge in [-0.2, -0.15) is 0 Å². The van der Waals surface area contributed by atoms with Crippen LogP contribution in [-0.4, -0.2) is 37.0 Å². The molecule has 2 aromatic carbocycles. The molecule has 9 heteroatoms. The van der Waals surface area contributed by atoms with Crippen LogP contribution in [0.15, 0.2) is 36.4 Å². The number of hydrogen-bond acceptors (Lipinski definition) is 5. The van der Waals surface area contributed by atoms with Gasteiger partial charge in [-0.3, -0.25) is 9.59 Å². The second-order valence-corrected chi connectivity index (χ2v) is 7.37. The minimum atomic E-state index is -1.10. The Labute approximate surface area is 184 Å². The third-order valence-corrected chi connectivity index (χ3v) is 4.62. The van der Waals surface area contributed by atoms with Gasteiger partial charge in [-0.15, -0.1) is 0 Å². The molecule has 0 aliphatic carbocycles. The number of para-hydroxylation sites is 1. The van der Waals surface area contributed by atoms with Crippen molar-refractivity contribution in [2.45, 2.75) is 26.9 Å². The van der Waals surface area contributed by atoms with E-state index in [0.29, 0.717) is 10.7 Å². The van der Waals surface area contributed by atoms with Gasteiger partial charge in [0.1, 0.15) is 5.75 Å². The second kappa shape index (κ2) is 10.8. The van der Waals surface area contributed by atoms with Gasteiger partial charge in [0, 0.05) is 10.7 Å². The lowest BCUT2D eigenvalue weighted by atomic mass is 10.1. The van der Waals surface area contributed by atoms with E-state index in [0.717, 1.165) is 11.1 Å². The summed E-state index contributed by atoms with van der Waals surface area (Å²) in [5.74, 6) is -1.49. The highest BCUT2D eigenvalue weighted by molar-refractivity contribution is 6.35. The molecule has 2 rings (SSSR count). The lowest BCUT2D eigenvalue weighted by Crippen LogP contribution is -2.40. The number of nitrogens with one attached hydrogen (secondary N) is 2. The number of rotatable bonds is 8. The van der Waals surface area contributed by atoms with Gasteiger partial charge in [0.15, 0.2) is 12.7 Å². The Morgan fingerprint density at radius 2 is 1.73 bits per heavy atom. The number of anilines is 1. The minimum Gasteiger partial charge on any atom is -0.480 e. The normalized spacial score (nSPS) is 11.4. The van der Waals surface area contributed by atoms with E-state index in [-0.39, 0.29) is 23.2 Å². The van der Waals surface area contributed by atoms with Crippen molar-refractivity contribution in [2.24, 2.45) is 0 Å². The highest BCUT2D eigenvalue weighted by Crippen LogP contribution is 2.27. The van der Waals surface area contributed by atoms with Crippen LogP contribution in [0.25, 0.3) is 0 Å². The molecular formula is C21H22Cl2N2O5. The highest BCUT2D eigenvalue weighted by Gasteiger charge is 2.19. The fourth-order valence-electron chi connectivity index (χ4n) is 2.52. The maximum absolute atomic E-state index is 12.1. The van der Waals surface area contributed by atoms with Gasteiger partial charge in [0.05, 0.1) is 11.6 Å². The smallest absolute Gasteiger partial charge is 0.344 e. The molecule has 160 valence electrons. The number of esters is 1. The lowest BCUT2D eigenvalue weighted by molar-refractivity contribution is -0.156. The molecular weight excluding hydrogens is 431 g/mol. The monoisotopic (exact) mass is 452 g/mol. The zero-order chi connectivity index (χ0) is 22.3. The summed E-state index contributed by atoms with van der Waals surface area (Å²) in [6, 6.07) is 10.2. The lowest BCUT2D eigenvalue weighted by Gasteiger charge is -2.15. The Morgan fingerprint density at radius 1 is 1.07 bits per heavy atom. The molecule has 7 nitrogen and oxygen atoms in total. The molecule has 0 unspecified atom stereocenters. The minimum absolute atomic E-state index is 0.246. The average molecular weight is 453 g/mol. The Hall–Kier alpha value is -2.77. The molecule has 30 heavy (non-hydrogen) atoms. The molecule has 0 radical (unpaired) electrons. The first-order chi connectivity index (χ1) is 14.2. The molecule has 2 aromatic rings. The van der Waals surface area contributed by atoms with Crippen LogP contribution in [0.1, 0.15) is 18.1 Å². The van der Waals surface area contributed by atoms with Crippen molar-refractivity contribution in [3.63, 3.8) is 0 Å². The molecule has 0 aliphatic rings. The van der Waals surface area contributed by atoms with Crippen molar-refractivity contribution in [3.05, 3.63) is 57.6 Å². The number of halogens is 2. The van der Waals surface area contributed by atoms with E-state index >= 15 is 0 Å². The van der Waals surface area contributed by atoms with Crippen LogP contribution in [0.3, 0.4) is 0 Å². The van der Waals surface area contributed by atoms with E-state index in [4.69, 9.17) is 32.7 Å². The van der Waals surface area contributed by atoms with Crippen LogP contribution in [0.5, 0.6) is 5.75 Å². The Kier molecular flexibility index (Phi) is 8.50. The largest absolute Gasteiger partial charge is 0.480 e. The summed E-state index contributed by atoms with van der Waals surface area (Å²) >= 11 is 11.7. The first-order valence-electron chi connectivity index (χ1n) is 9.08. The SMILES string of the molecule is Cc1cccc(C)c1NC(=O)CNC(=O)[C@@H](C)OC(=O)COc1ccc(Cl)cc1Cl. The average Bonchev–Trinajstić information content (AvgIpc) is 2.68. The van der Waals surface area contributed by atoms with Crippen LogP contribution < -0.4 is 15.4 Å². The van der Waals surface area contributed by atoms with Crippen molar-refractivity contribution < 1.29 is 23.9 Å². The Morgan fingerprint density at radius 3 is 2.37 bits per heavy atom. The van der Waals surface area contributed by atoms with Gasteiger partial charge in [-0.05, 0) is 50.1 Å². The van der Waals surface area contributed by atoms with Crippen molar-refractivity contribution in [1.82, 2.24) is 5.32 Å². The summed E-state index contributed by atoms with van der Waals surface area (Å²) in [4.78, 5) is 36.1. The molecule has 0 fully saturated rings. The number of carbonyl (C=O) groups excluding carboxylic acids is 3. The Bertz CT molecular complexity index is 929. The number of benzene rings is 2. The van der Waals surface area contributed by atoms with E-state index in [1.807, 2.05) is 32.0 Å². The van der Waals surface area contributed by atoms with E-state index in [9.17, 15) is 14.4 Å². The first kappa shape index (κ1) is 23.5. The molecule has 0 saturated carbocycles. The molecule has 0 heterocycles. The van der Waals surface area contributed by atoms with Gasteiger partial charge in [-0.25, -0.2) is 4.79 Å². The number of aryl methyl sites for hydroxylation is 2. The van der Waals surface area contributed by atoms with Crippen LogP contribution in [0.4, 0.5) is 5.69 Å². The van der Waals surface area contributed by atoms with Crippen LogP contribution in [-0.2, 0) is 19.1 Å². The molecule has 0 bridgehead atoms. The highest BCUT2D eigenvalue weighted by atomic mass is 35.5. The molecule has 0 aromatic heterocycles. The number of ether oxygens (including phenoxy) is 2. The summed E-state index contributed by atoms with van der Waals surface area (Å²) in [6.07, 6.45) is -1.10. The van der Waals surface area contributed by atoms with Crippen LogP contribution in [0.2, 0.25) is 10.0 Å². The van der Waals surface area contributed by atoms with Crippen molar-refractivity contribution >= 4 is 46.7 Å². The molecule has 0 spiro atoms.